The van der Waals surface area contributed by atoms with Crippen molar-refractivity contribution in [1.82, 2.24) is 9.97 Å². The zero-order chi connectivity index (χ0) is 7.72. The van der Waals surface area contributed by atoms with Gasteiger partial charge in [0, 0.05) is 12.3 Å². The predicted octanol–water partition coefficient (Wildman–Crippen LogP) is 0.0588. The van der Waals surface area contributed by atoms with E-state index in [1.807, 2.05) is 0 Å². The number of hydrogen-bond donors (Lipinski definition) is 1. The summed E-state index contributed by atoms with van der Waals surface area (Å²) < 4.78 is 20.8. The summed E-state index contributed by atoms with van der Waals surface area (Å²) in [5.41, 5.74) is 5.13. The summed E-state index contributed by atoms with van der Waals surface area (Å²) in [6.07, 6.45) is -0.867. The largest absolute Gasteiger partial charge is 0.382 e. The van der Waals surface area contributed by atoms with Crippen LogP contribution in [0.2, 0.25) is 0 Å². The second-order valence-electron chi connectivity index (χ2n) is 0.944. The second-order valence-corrected chi connectivity index (χ2v) is 0.944. The van der Waals surface area contributed by atoms with Crippen molar-refractivity contribution in [2.24, 2.45) is 0 Å². The predicted molar refractivity (Wildman–Crippen MR) is 26.4 cm³/mol. The average Bonchev–Trinajstić information content (AvgIpc) is 1.84. The lowest BCUT2D eigenvalue weighted by Crippen LogP contribution is -1.87. The Hall–Kier alpha value is -1.12. The molecular weight excluding hydrogens is 90.1 g/mol. The van der Waals surface area contributed by atoms with E-state index in [4.69, 9.17) is 9.85 Å². The Bertz CT molecular complexity index is 212. The molecule has 0 aliphatic rings. The zero-order valence-corrected chi connectivity index (χ0v) is 3.47. The van der Waals surface area contributed by atoms with Crippen molar-refractivity contribution in [3.63, 3.8) is 0 Å². The summed E-state index contributed by atoms with van der Waals surface area (Å²) in [6, 6.07) is 0. The molecule has 0 atom stereocenters. The molecular formula is C4H5N3. The van der Waals surface area contributed by atoms with E-state index in [-0.39, 0.29) is 24.3 Å². The molecule has 0 aromatic carbocycles. The van der Waals surface area contributed by atoms with Gasteiger partial charge in [-0.2, -0.15) is 0 Å². The fourth-order valence-electron chi connectivity index (χ4n) is 0.220. The van der Waals surface area contributed by atoms with Gasteiger partial charge in [0.25, 0.3) is 0 Å². The topological polar surface area (TPSA) is 51.8 Å². The molecule has 0 radical (unpaired) electrons. The molecule has 0 fully saturated rings. The van der Waals surface area contributed by atoms with Crippen molar-refractivity contribution in [3.05, 3.63) is 18.5 Å². The molecule has 7 heavy (non-hydrogen) atoms. The maximum atomic E-state index is 6.96. The first-order valence-corrected chi connectivity index (χ1v) is 1.68. The van der Waals surface area contributed by atoms with E-state index in [1.54, 1.807) is 0 Å². The molecule has 0 aliphatic heterocycles. The van der Waals surface area contributed by atoms with Gasteiger partial charge in [0.1, 0.15) is 5.82 Å². The maximum absolute atomic E-state index is 6.96. The Labute approximate surface area is 45.4 Å². The summed E-state index contributed by atoms with van der Waals surface area (Å²) in [7, 11) is 0. The SMILES string of the molecule is [2H]c1nc([2H])c(N)nc1[2H]. The smallest absolute Gasteiger partial charge is 0.141 e. The van der Waals surface area contributed by atoms with Crippen molar-refractivity contribution < 1.29 is 4.11 Å². The molecule has 1 rings (SSSR count). The summed E-state index contributed by atoms with van der Waals surface area (Å²) in [6.45, 7) is 0. The maximum Gasteiger partial charge on any atom is 0.141 e. The number of rotatable bonds is 0. The van der Waals surface area contributed by atoms with Crippen LogP contribution in [0, 0.1) is 0 Å². The lowest BCUT2D eigenvalue weighted by Gasteiger charge is -1.82. The van der Waals surface area contributed by atoms with Crippen molar-refractivity contribution >= 4 is 5.82 Å². The van der Waals surface area contributed by atoms with Gasteiger partial charge in [-0.15, -0.1) is 0 Å². The first-order valence-electron chi connectivity index (χ1n) is 3.18. The minimum atomic E-state index is -0.320. The van der Waals surface area contributed by atoms with Gasteiger partial charge in [-0.1, -0.05) is 0 Å². The van der Waals surface area contributed by atoms with Gasteiger partial charge in [0.05, 0.1) is 10.3 Å². The summed E-state index contributed by atoms with van der Waals surface area (Å²) in [5.74, 6) is -0.110. The van der Waals surface area contributed by atoms with Gasteiger partial charge in [-0.3, -0.25) is 4.98 Å². The van der Waals surface area contributed by atoms with Crippen LogP contribution in [0.25, 0.3) is 0 Å². The highest BCUT2D eigenvalue weighted by atomic mass is 14.9. The summed E-state index contributed by atoms with van der Waals surface area (Å²) >= 11 is 0. The second kappa shape index (κ2) is 1.55. The first-order chi connectivity index (χ1) is 4.61. The molecule has 36 valence electrons. The van der Waals surface area contributed by atoms with E-state index < -0.39 is 0 Å². The van der Waals surface area contributed by atoms with Crippen molar-refractivity contribution in [1.29, 1.82) is 0 Å². The van der Waals surface area contributed by atoms with E-state index in [1.165, 1.54) is 0 Å². The molecule has 0 saturated carbocycles. The number of hydrogen-bond acceptors (Lipinski definition) is 3. The molecule has 1 aromatic rings. The quantitative estimate of drug-likeness (QED) is 0.499. The van der Waals surface area contributed by atoms with Gasteiger partial charge < -0.3 is 5.73 Å². The average molecular weight is 98.1 g/mol. The summed E-state index contributed by atoms with van der Waals surface area (Å²) in [4.78, 5) is 6.71. The molecule has 0 saturated heterocycles. The zero-order valence-electron chi connectivity index (χ0n) is 6.47. The highest BCUT2D eigenvalue weighted by molar-refractivity contribution is 5.20. The van der Waals surface area contributed by atoms with Gasteiger partial charge in [0.2, 0.25) is 0 Å². The molecule has 1 heterocycles. The molecule has 3 nitrogen and oxygen atoms in total. The normalized spacial score (nSPS) is 14.6. The molecule has 2 N–H and O–H groups in total. The Morgan fingerprint density at radius 3 is 3.29 bits per heavy atom. The number of nitrogen functional groups attached to an aromatic ring is 1. The molecule has 0 unspecified atom stereocenters. The standard InChI is InChI=1S/C4H5N3/c5-4-3-6-1-2-7-4/h1-3H,(H2,5,7)/i1D,2D,3D. The van der Waals surface area contributed by atoms with Crippen LogP contribution < -0.4 is 5.73 Å². The van der Waals surface area contributed by atoms with Crippen molar-refractivity contribution in [2.75, 3.05) is 5.73 Å². The molecule has 0 bridgehead atoms. The van der Waals surface area contributed by atoms with E-state index in [0.717, 1.165) is 0 Å². The first kappa shape index (κ1) is 1.78. The third-order valence-corrected chi connectivity index (χ3v) is 0.453. The van der Waals surface area contributed by atoms with Crippen LogP contribution in [-0.2, 0) is 0 Å². The number of anilines is 1. The molecule has 0 aliphatic carbocycles. The molecule has 1 aromatic heterocycles. The number of nitrogens with zero attached hydrogens (tertiary/aromatic N) is 2. The van der Waals surface area contributed by atoms with Gasteiger partial charge in [0.15, 0.2) is 0 Å². The van der Waals surface area contributed by atoms with E-state index in [2.05, 4.69) is 9.97 Å². The molecule has 3 heteroatoms. The highest BCUT2D eigenvalue weighted by Gasteiger charge is 1.74. The van der Waals surface area contributed by atoms with Crippen LogP contribution in [0.4, 0.5) is 5.82 Å². The number of aromatic nitrogens is 2. The van der Waals surface area contributed by atoms with Crippen LogP contribution >= 0.6 is 0 Å². The minimum absolute atomic E-state index is 0.110. The molecule has 0 amide bonds. The Morgan fingerprint density at radius 1 is 1.71 bits per heavy atom. The fourth-order valence-corrected chi connectivity index (χ4v) is 0.220. The highest BCUT2D eigenvalue weighted by Crippen LogP contribution is 1.84. The van der Waals surface area contributed by atoms with Crippen LogP contribution in [0.3, 0.4) is 0 Å². The third-order valence-electron chi connectivity index (χ3n) is 0.453. The Morgan fingerprint density at radius 2 is 2.57 bits per heavy atom. The van der Waals surface area contributed by atoms with Crippen LogP contribution in [0.15, 0.2) is 18.5 Å². The van der Waals surface area contributed by atoms with E-state index >= 15 is 0 Å². The van der Waals surface area contributed by atoms with Crippen molar-refractivity contribution in [3.8, 4) is 0 Å². The minimum Gasteiger partial charge on any atom is -0.382 e. The molecule has 0 spiro atoms. The van der Waals surface area contributed by atoms with Gasteiger partial charge in [-0.25, -0.2) is 4.98 Å². The lowest BCUT2D eigenvalue weighted by atomic mass is 10.7. The van der Waals surface area contributed by atoms with Gasteiger partial charge in [-0.05, 0) is 0 Å². The van der Waals surface area contributed by atoms with E-state index in [9.17, 15) is 0 Å². The van der Waals surface area contributed by atoms with Crippen LogP contribution in [-0.4, -0.2) is 9.97 Å². The van der Waals surface area contributed by atoms with Crippen molar-refractivity contribution in [2.45, 2.75) is 0 Å². The van der Waals surface area contributed by atoms with Crippen LogP contribution in [0.5, 0.6) is 0 Å². The van der Waals surface area contributed by atoms with Gasteiger partial charge >= 0.3 is 0 Å². The number of nitrogens with two attached hydrogens (primary N) is 1. The fraction of sp³-hybridized carbons (Fsp3) is 0. The summed E-state index contributed by atoms with van der Waals surface area (Å²) in [5, 5.41) is 0. The Balaban J connectivity index is 3.28. The van der Waals surface area contributed by atoms with Crippen LogP contribution in [0.1, 0.15) is 4.11 Å². The lowest BCUT2D eigenvalue weighted by molar-refractivity contribution is 1.21. The third kappa shape index (κ3) is 0.855. The van der Waals surface area contributed by atoms with E-state index in [0.29, 0.717) is 0 Å². The monoisotopic (exact) mass is 98.1 g/mol. The Kier molecular flexibility index (Phi) is 0.394.